The van der Waals surface area contributed by atoms with Gasteiger partial charge in [0, 0.05) is 0 Å². The number of anilines is 1. The van der Waals surface area contributed by atoms with Gasteiger partial charge in [0.2, 0.25) is 0 Å². The summed E-state index contributed by atoms with van der Waals surface area (Å²) >= 11 is 1.57. The van der Waals surface area contributed by atoms with Gasteiger partial charge in [0.25, 0.3) is 0 Å². The van der Waals surface area contributed by atoms with Crippen molar-refractivity contribution in [3.63, 3.8) is 0 Å². The van der Waals surface area contributed by atoms with Crippen LogP contribution in [-0.4, -0.2) is 4.98 Å². The lowest BCUT2D eigenvalue weighted by molar-refractivity contribution is 0.486. The molecule has 4 heteroatoms. The number of hydrogen-bond acceptors (Lipinski definition) is 4. The third-order valence-corrected chi connectivity index (χ3v) is 4.24. The highest BCUT2D eigenvalue weighted by Crippen LogP contribution is 2.35. The maximum absolute atomic E-state index is 6.14. The number of nitrogens with zero attached hydrogens (tertiary/aromatic N) is 1. The van der Waals surface area contributed by atoms with Crippen LogP contribution in [0.25, 0.3) is 21.0 Å². The normalized spacial score (nSPS) is 11.0. The van der Waals surface area contributed by atoms with Gasteiger partial charge in [0.15, 0.2) is 5.75 Å². The fraction of sp³-hybridized carbons (Fsp3) is 0. The van der Waals surface area contributed by atoms with Crippen LogP contribution < -0.4 is 10.5 Å². The summed E-state index contributed by atoms with van der Waals surface area (Å²) in [7, 11) is 0. The maximum atomic E-state index is 6.14. The molecular formula is C17H12N2OS. The molecule has 3 nitrogen and oxygen atoms in total. The highest BCUT2D eigenvalue weighted by molar-refractivity contribution is 7.16. The minimum absolute atomic E-state index is 0.585. The first-order valence-electron chi connectivity index (χ1n) is 6.59. The molecule has 0 aliphatic rings. The molecule has 0 aliphatic heterocycles. The minimum Gasteiger partial charge on any atom is -0.455 e. The highest BCUT2D eigenvalue weighted by Gasteiger charge is 2.09. The number of benzene rings is 3. The molecule has 0 atom stereocenters. The van der Waals surface area contributed by atoms with E-state index in [4.69, 9.17) is 10.5 Å². The van der Waals surface area contributed by atoms with Gasteiger partial charge in [-0.05, 0) is 35.0 Å². The Bertz CT molecular complexity index is 946. The molecule has 0 unspecified atom stereocenters. The summed E-state index contributed by atoms with van der Waals surface area (Å²) in [5.41, 5.74) is 9.32. The monoisotopic (exact) mass is 292 g/mol. The van der Waals surface area contributed by atoms with Crippen LogP contribution in [0.3, 0.4) is 0 Å². The number of nitrogens with two attached hydrogens (primary N) is 1. The molecule has 102 valence electrons. The number of thiazole rings is 1. The number of hydrogen-bond donors (Lipinski definition) is 1. The molecule has 3 aromatic carbocycles. The molecule has 2 N–H and O–H groups in total. The summed E-state index contributed by atoms with van der Waals surface area (Å²) in [4.78, 5) is 4.28. The number of nitrogen functional groups attached to an aromatic ring is 1. The third kappa shape index (κ3) is 2.10. The van der Waals surface area contributed by atoms with Crippen LogP contribution in [-0.2, 0) is 0 Å². The average molecular weight is 292 g/mol. The lowest BCUT2D eigenvalue weighted by atomic mass is 10.1. The second-order valence-corrected chi connectivity index (χ2v) is 5.67. The Morgan fingerprint density at radius 2 is 1.81 bits per heavy atom. The molecule has 0 saturated carbocycles. The van der Waals surface area contributed by atoms with Gasteiger partial charge in [-0.15, -0.1) is 11.3 Å². The number of aromatic nitrogens is 1. The summed E-state index contributed by atoms with van der Waals surface area (Å²) in [6, 6.07) is 18.1. The molecule has 0 spiro atoms. The molecule has 4 rings (SSSR count). The van der Waals surface area contributed by atoms with Gasteiger partial charge in [-0.3, -0.25) is 0 Å². The Hall–Kier alpha value is -2.59. The van der Waals surface area contributed by atoms with Crippen molar-refractivity contribution in [1.82, 2.24) is 4.98 Å². The summed E-state index contributed by atoms with van der Waals surface area (Å²) in [6.45, 7) is 0. The first-order valence-corrected chi connectivity index (χ1v) is 7.47. The fourth-order valence-corrected chi connectivity index (χ4v) is 3.07. The Balaban J connectivity index is 1.76. The van der Waals surface area contributed by atoms with Crippen LogP contribution in [0.2, 0.25) is 0 Å². The average Bonchev–Trinajstić information content (AvgIpc) is 2.99. The van der Waals surface area contributed by atoms with Crippen molar-refractivity contribution in [3.8, 4) is 11.5 Å². The summed E-state index contributed by atoms with van der Waals surface area (Å²) in [5.74, 6) is 1.42. The second-order valence-electron chi connectivity index (χ2n) is 4.79. The van der Waals surface area contributed by atoms with E-state index in [0.717, 1.165) is 21.4 Å². The van der Waals surface area contributed by atoms with E-state index in [1.807, 2.05) is 42.5 Å². The Kier molecular flexibility index (Phi) is 2.75. The summed E-state index contributed by atoms with van der Waals surface area (Å²) < 4.78 is 7.00. The molecule has 0 fully saturated rings. The fourth-order valence-electron chi connectivity index (χ4n) is 2.38. The van der Waals surface area contributed by atoms with E-state index in [9.17, 15) is 0 Å². The van der Waals surface area contributed by atoms with Crippen molar-refractivity contribution >= 4 is 38.0 Å². The van der Waals surface area contributed by atoms with Crippen molar-refractivity contribution in [2.75, 3.05) is 5.73 Å². The topological polar surface area (TPSA) is 48.1 Å². The zero-order valence-electron chi connectivity index (χ0n) is 11.1. The van der Waals surface area contributed by atoms with Crippen LogP contribution >= 0.6 is 11.3 Å². The van der Waals surface area contributed by atoms with Crippen LogP contribution in [0.5, 0.6) is 11.5 Å². The summed E-state index contributed by atoms with van der Waals surface area (Å²) in [6.07, 6.45) is 0. The number of rotatable bonds is 2. The van der Waals surface area contributed by atoms with Gasteiger partial charge in [0.1, 0.15) is 17.0 Å². The quantitative estimate of drug-likeness (QED) is 0.539. The first kappa shape index (κ1) is 12.2. The molecule has 0 radical (unpaired) electrons. The summed E-state index contributed by atoms with van der Waals surface area (Å²) in [5, 5.41) is 2.33. The lowest BCUT2D eigenvalue weighted by Crippen LogP contribution is -1.93. The molecule has 0 amide bonds. The van der Waals surface area contributed by atoms with E-state index in [1.165, 1.54) is 5.39 Å². The van der Waals surface area contributed by atoms with Gasteiger partial charge in [0.05, 0.1) is 10.2 Å². The third-order valence-electron chi connectivity index (χ3n) is 3.45. The Morgan fingerprint density at radius 1 is 0.952 bits per heavy atom. The SMILES string of the molecule is Nc1c(Oc2ccc3ccccc3c2)ccc2scnc12. The highest BCUT2D eigenvalue weighted by atomic mass is 32.1. The van der Waals surface area contributed by atoms with Crippen molar-refractivity contribution in [1.29, 1.82) is 0 Å². The Labute approximate surface area is 125 Å². The minimum atomic E-state index is 0.585. The molecule has 1 aromatic heterocycles. The largest absolute Gasteiger partial charge is 0.455 e. The second kappa shape index (κ2) is 4.75. The molecule has 0 bridgehead atoms. The smallest absolute Gasteiger partial charge is 0.152 e. The predicted molar refractivity (Wildman–Crippen MR) is 88.1 cm³/mol. The molecule has 0 aliphatic carbocycles. The van der Waals surface area contributed by atoms with Crippen LogP contribution in [0, 0.1) is 0 Å². The van der Waals surface area contributed by atoms with E-state index in [-0.39, 0.29) is 0 Å². The van der Waals surface area contributed by atoms with E-state index in [2.05, 4.69) is 17.1 Å². The van der Waals surface area contributed by atoms with Crippen LogP contribution in [0.4, 0.5) is 5.69 Å². The molecule has 4 aromatic rings. The van der Waals surface area contributed by atoms with E-state index >= 15 is 0 Å². The zero-order valence-corrected chi connectivity index (χ0v) is 11.9. The lowest BCUT2D eigenvalue weighted by Gasteiger charge is -2.09. The molecule has 1 heterocycles. The van der Waals surface area contributed by atoms with Gasteiger partial charge in [-0.2, -0.15) is 0 Å². The van der Waals surface area contributed by atoms with Gasteiger partial charge in [-0.1, -0.05) is 30.3 Å². The van der Waals surface area contributed by atoms with E-state index < -0.39 is 0 Å². The van der Waals surface area contributed by atoms with Crippen molar-refractivity contribution < 1.29 is 4.74 Å². The first-order chi connectivity index (χ1) is 10.3. The van der Waals surface area contributed by atoms with E-state index in [1.54, 1.807) is 16.8 Å². The Morgan fingerprint density at radius 3 is 2.71 bits per heavy atom. The number of ether oxygens (including phenoxy) is 1. The molecular weight excluding hydrogens is 280 g/mol. The number of fused-ring (bicyclic) bond motifs is 2. The van der Waals surface area contributed by atoms with Gasteiger partial charge >= 0.3 is 0 Å². The van der Waals surface area contributed by atoms with E-state index in [0.29, 0.717) is 11.4 Å². The molecule has 0 saturated heterocycles. The zero-order chi connectivity index (χ0) is 14.2. The van der Waals surface area contributed by atoms with Crippen molar-refractivity contribution in [2.45, 2.75) is 0 Å². The van der Waals surface area contributed by atoms with Crippen molar-refractivity contribution in [2.24, 2.45) is 0 Å². The van der Waals surface area contributed by atoms with Crippen LogP contribution in [0.1, 0.15) is 0 Å². The van der Waals surface area contributed by atoms with Gasteiger partial charge in [-0.25, -0.2) is 4.98 Å². The van der Waals surface area contributed by atoms with Gasteiger partial charge < -0.3 is 10.5 Å². The maximum Gasteiger partial charge on any atom is 0.152 e. The van der Waals surface area contributed by atoms with Crippen LogP contribution in [0.15, 0.2) is 60.1 Å². The standard InChI is InChI=1S/C17H12N2OS/c18-16-14(7-8-15-17(16)19-10-21-15)20-13-6-5-11-3-1-2-4-12(11)9-13/h1-10H,18H2. The predicted octanol–water partition coefficient (Wildman–Crippen LogP) is 4.82. The van der Waals surface area contributed by atoms with Crippen molar-refractivity contribution in [3.05, 3.63) is 60.1 Å². The molecule has 21 heavy (non-hydrogen) atoms.